The number of aromatic nitrogens is 3. The molecule has 1 atom stereocenters. The van der Waals surface area contributed by atoms with Crippen LogP contribution in [0.1, 0.15) is 31.5 Å². The van der Waals surface area contributed by atoms with E-state index in [4.69, 9.17) is 4.52 Å². The van der Waals surface area contributed by atoms with Gasteiger partial charge >= 0.3 is 0 Å². The number of hydrogen-bond donors (Lipinski definition) is 2. The minimum atomic E-state index is -0.341. The van der Waals surface area contributed by atoms with Gasteiger partial charge < -0.3 is 14.9 Å². The third-order valence-corrected chi connectivity index (χ3v) is 3.99. The fraction of sp³-hybridized carbons (Fsp3) is 0.533. The number of rotatable bonds is 5. The molecule has 2 aromatic rings. The summed E-state index contributed by atoms with van der Waals surface area (Å²) in [5.74, 6) is 2.10. The van der Waals surface area contributed by atoms with Gasteiger partial charge in [0.25, 0.3) is 5.89 Å². The second-order valence-corrected chi connectivity index (χ2v) is 5.54. The first-order chi connectivity index (χ1) is 10.2. The largest absolute Gasteiger partial charge is 0.391 e. The van der Waals surface area contributed by atoms with E-state index in [-0.39, 0.29) is 6.10 Å². The maximum absolute atomic E-state index is 10.2. The van der Waals surface area contributed by atoms with Gasteiger partial charge in [-0.05, 0) is 37.8 Å². The van der Waals surface area contributed by atoms with Crippen LogP contribution in [0.3, 0.4) is 0 Å². The molecule has 112 valence electrons. The molecule has 21 heavy (non-hydrogen) atoms. The average molecular weight is 288 g/mol. The lowest BCUT2D eigenvalue weighted by Gasteiger charge is -2.18. The first kappa shape index (κ1) is 14.0. The zero-order valence-corrected chi connectivity index (χ0v) is 12.1. The number of nitrogens with one attached hydrogen (secondary N) is 1. The summed E-state index contributed by atoms with van der Waals surface area (Å²) in [6.07, 6.45) is 6.03. The summed E-state index contributed by atoms with van der Waals surface area (Å²) in [7, 11) is 0. The van der Waals surface area contributed by atoms with Gasteiger partial charge in [-0.1, -0.05) is 18.0 Å². The molecule has 0 aliphatic heterocycles. The molecule has 1 unspecified atom stereocenters. The van der Waals surface area contributed by atoms with Crippen LogP contribution in [0.2, 0.25) is 0 Å². The minimum Gasteiger partial charge on any atom is -0.391 e. The third kappa shape index (κ3) is 3.21. The fourth-order valence-corrected chi connectivity index (χ4v) is 2.84. The van der Waals surface area contributed by atoms with Gasteiger partial charge in [0.2, 0.25) is 0 Å². The number of aryl methyl sites for hydroxylation is 1. The zero-order valence-electron chi connectivity index (χ0n) is 12.1. The predicted molar refractivity (Wildman–Crippen MR) is 78.7 cm³/mol. The van der Waals surface area contributed by atoms with Gasteiger partial charge in [-0.3, -0.25) is 0 Å². The smallest absolute Gasteiger partial charge is 0.261 e. The van der Waals surface area contributed by atoms with Crippen LogP contribution in [0, 0.1) is 12.8 Å². The lowest BCUT2D eigenvalue weighted by molar-refractivity contribution is 0.123. The van der Waals surface area contributed by atoms with Crippen LogP contribution >= 0.6 is 0 Å². The van der Waals surface area contributed by atoms with Gasteiger partial charge in [0.1, 0.15) is 5.82 Å². The Morgan fingerprint density at radius 1 is 1.43 bits per heavy atom. The molecule has 1 saturated carbocycles. The van der Waals surface area contributed by atoms with E-state index >= 15 is 0 Å². The molecule has 0 saturated heterocycles. The van der Waals surface area contributed by atoms with E-state index in [2.05, 4.69) is 20.4 Å². The average Bonchev–Trinajstić information content (AvgIpc) is 3.16. The number of anilines is 1. The molecule has 2 aromatic heterocycles. The summed E-state index contributed by atoms with van der Waals surface area (Å²) >= 11 is 0. The fourth-order valence-electron chi connectivity index (χ4n) is 2.84. The van der Waals surface area contributed by atoms with E-state index in [1.165, 1.54) is 12.8 Å². The van der Waals surface area contributed by atoms with Gasteiger partial charge in [0.05, 0.1) is 11.7 Å². The molecule has 0 radical (unpaired) electrons. The Morgan fingerprint density at radius 3 is 2.95 bits per heavy atom. The molecule has 0 spiro atoms. The Morgan fingerprint density at radius 2 is 2.24 bits per heavy atom. The molecular formula is C15H20N4O2. The Balaban J connectivity index is 1.70. The van der Waals surface area contributed by atoms with Crippen molar-refractivity contribution in [1.82, 2.24) is 15.1 Å². The van der Waals surface area contributed by atoms with Crippen LogP contribution in [0.5, 0.6) is 0 Å². The van der Waals surface area contributed by atoms with Crippen molar-refractivity contribution in [3.8, 4) is 11.5 Å². The summed E-state index contributed by atoms with van der Waals surface area (Å²) < 4.78 is 5.19. The van der Waals surface area contributed by atoms with E-state index in [0.29, 0.717) is 30.0 Å². The maximum Gasteiger partial charge on any atom is 0.261 e. The Labute approximate surface area is 123 Å². The van der Waals surface area contributed by atoms with Crippen molar-refractivity contribution in [2.45, 2.75) is 38.7 Å². The van der Waals surface area contributed by atoms with Crippen LogP contribution in [-0.2, 0) is 0 Å². The molecule has 1 fully saturated rings. The van der Waals surface area contributed by atoms with Crippen molar-refractivity contribution in [3.63, 3.8) is 0 Å². The molecule has 0 bridgehead atoms. The van der Waals surface area contributed by atoms with E-state index in [0.717, 1.165) is 18.4 Å². The Bertz CT molecular complexity index is 593. The molecule has 2 N–H and O–H groups in total. The van der Waals surface area contributed by atoms with Crippen LogP contribution in [-0.4, -0.2) is 32.9 Å². The summed E-state index contributed by atoms with van der Waals surface area (Å²) in [4.78, 5) is 8.54. The first-order valence-electron chi connectivity index (χ1n) is 7.41. The molecule has 3 rings (SSSR count). The van der Waals surface area contributed by atoms with Crippen LogP contribution < -0.4 is 5.32 Å². The zero-order chi connectivity index (χ0) is 14.7. The molecular weight excluding hydrogens is 268 g/mol. The topological polar surface area (TPSA) is 84.1 Å². The molecule has 6 nitrogen and oxygen atoms in total. The normalized spacial score (nSPS) is 17.0. The molecule has 6 heteroatoms. The van der Waals surface area contributed by atoms with Crippen molar-refractivity contribution in [2.24, 2.45) is 5.92 Å². The predicted octanol–water partition coefficient (Wildman–Crippen LogP) is 2.40. The minimum absolute atomic E-state index is 0.341. The van der Waals surface area contributed by atoms with Crippen molar-refractivity contribution in [1.29, 1.82) is 0 Å². The molecule has 1 aliphatic rings. The Kier molecular flexibility index (Phi) is 4.15. The number of nitrogens with zero attached hydrogens (tertiary/aromatic N) is 3. The van der Waals surface area contributed by atoms with Crippen LogP contribution in [0.4, 0.5) is 5.82 Å². The van der Waals surface area contributed by atoms with Crippen LogP contribution in [0.25, 0.3) is 11.5 Å². The van der Waals surface area contributed by atoms with E-state index < -0.39 is 0 Å². The van der Waals surface area contributed by atoms with Gasteiger partial charge in [-0.2, -0.15) is 4.98 Å². The van der Waals surface area contributed by atoms with Gasteiger partial charge in [-0.15, -0.1) is 0 Å². The number of pyridine rings is 1. The Hall–Kier alpha value is -1.95. The molecule has 0 aromatic carbocycles. The second kappa shape index (κ2) is 6.22. The van der Waals surface area contributed by atoms with E-state index in [1.807, 2.05) is 12.1 Å². The lowest BCUT2D eigenvalue weighted by Crippen LogP contribution is -2.27. The highest BCUT2D eigenvalue weighted by atomic mass is 16.5. The van der Waals surface area contributed by atoms with Gasteiger partial charge in [0, 0.05) is 12.7 Å². The maximum atomic E-state index is 10.2. The second-order valence-electron chi connectivity index (χ2n) is 5.54. The molecule has 2 heterocycles. The SMILES string of the molecule is Cc1noc(-c2cccnc2NCC(O)C2CCCC2)n1. The molecule has 1 aliphatic carbocycles. The van der Waals surface area contributed by atoms with Crippen molar-refractivity contribution in [3.05, 3.63) is 24.2 Å². The standard InChI is InChI=1S/C15H20N4O2/c1-10-18-15(21-19-10)12-7-4-8-16-14(12)17-9-13(20)11-5-2-3-6-11/h4,7-8,11,13,20H,2-3,5-6,9H2,1H3,(H,16,17). The van der Waals surface area contributed by atoms with Crippen molar-refractivity contribution in [2.75, 3.05) is 11.9 Å². The third-order valence-electron chi connectivity index (χ3n) is 3.99. The first-order valence-corrected chi connectivity index (χ1v) is 7.41. The van der Waals surface area contributed by atoms with Gasteiger partial charge in [-0.25, -0.2) is 4.98 Å². The summed E-state index contributed by atoms with van der Waals surface area (Å²) in [5, 5.41) is 17.2. The number of aliphatic hydroxyl groups is 1. The lowest BCUT2D eigenvalue weighted by atomic mass is 10.0. The highest BCUT2D eigenvalue weighted by Crippen LogP contribution is 2.29. The quantitative estimate of drug-likeness (QED) is 0.879. The molecule has 0 amide bonds. The number of aliphatic hydroxyl groups excluding tert-OH is 1. The summed E-state index contributed by atoms with van der Waals surface area (Å²) in [5.41, 5.74) is 0.761. The van der Waals surface area contributed by atoms with Crippen molar-refractivity contribution < 1.29 is 9.63 Å². The monoisotopic (exact) mass is 288 g/mol. The number of hydrogen-bond acceptors (Lipinski definition) is 6. The summed E-state index contributed by atoms with van der Waals surface area (Å²) in [6, 6.07) is 3.71. The highest BCUT2D eigenvalue weighted by molar-refractivity contribution is 5.68. The van der Waals surface area contributed by atoms with Crippen LogP contribution in [0.15, 0.2) is 22.9 Å². The van der Waals surface area contributed by atoms with E-state index in [9.17, 15) is 5.11 Å². The highest BCUT2D eigenvalue weighted by Gasteiger charge is 2.23. The van der Waals surface area contributed by atoms with Gasteiger partial charge in [0.15, 0.2) is 5.82 Å². The van der Waals surface area contributed by atoms with Crippen molar-refractivity contribution >= 4 is 5.82 Å². The summed E-state index contributed by atoms with van der Waals surface area (Å²) in [6.45, 7) is 2.27. The van der Waals surface area contributed by atoms with E-state index in [1.54, 1.807) is 13.1 Å².